The number of amides is 2. The number of carbonyl (C=O) groups is 2. The summed E-state index contributed by atoms with van der Waals surface area (Å²) in [5.41, 5.74) is 3.10. The maximum atomic E-state index is 12.0. The second kappa shape index (κ2) is 7.64. The van der Waals surface area contributed by atoms with Crippen LogP contribution in [0.4, 0.5) is 0 Å². The molecule has 0 aliphatic heterocycles. The Bertz CT molecular complexity index is 857. The number of hydrogen-bond acceptors (Lipinski definition) is 6. The van der Waals surface area contributed by atoms with Gasteiger partial charge in [-0.05, 0) is 25.0 Å². The number of aromatic nitrogens is 2. The van der Waals surface area contributed by atoms with Crippen molar-refractivity contribution in [3.8, 4) is 0 Å². The number of carbonyl (C=O) groups excluding carboxylic acids is 2. The van der Waals surface area contributed by atoms with Crippen molar-refractivity contribution >= 4 is 11.8 Å². The van der Waals surface area contributed by atoms with Gasteiger partial charge in [0.15, 0.2) is 0 Å². The van der Waals surface area contributed by atoms with Crippen molar-refractivity contribution in [1.82, 2.24) is 20.9 Å². The minimum atomic E-state index is -0.329. The van der Waals surface area contributed by atoms with E-state index in [2.05, 4.69) is 20.9 Å². The van der Waals surface area contributed by atoms with Gasteiger partial charge in [-0.3, -0.25) is 9.59 Å². The molecule has 26 heavy (non-hydrogen) atoms. The molecule has 134 valence electrons. The normalized spacial score (nSPS) is 10.5. The van der Waals surface area contributed by atoms with Gasteiger partial charge in [0.2, 0.25) is 11.5 Å². The van der Waals surface area contributed by atoms with E-state index in [0.717, 1.165) is 11.1 Å². The Hall–Kier alpha value is -3.42. The topological polar surface area (TPSA) is 110 Å². The molecule has 0 atom stereocenters. The van der Waals surface area contributed by atoms with Gasteiger partial charge in [-0.15, -0.1) is 0 Å². The smallest absolute Gasteiger partial charge is 0.290 e. The number of hydrogen-bond donors (Lipinski definition) is 2. The zero-order valence-corrected chi connectivity index (χ0v) is 14.4. The molecule has 0 bridgehead atoms. The van der Waals surface area contributed by atoms with Gasteiger partial charge >= 0.3 is 0 Å². The molecule has 0 spiro atoms. The summed E-state index contributed by atoms with van der Waals surface area (Å²) in [5.74, 6) is -0.309. The van der Waals surface area contributed by atoms with Crippen molar-refractivity contribution in [2.45, 2.75) is 26.9 Å². The van der Waals surface area contributed by atoms with Crippen molar-refractivity contribution in [1.29, 1.82) is 0 Å². The van der Waals surface area contributed by atoms with Crippen molar-refractivity contribution < 1.29 is 18.6 Å². The van der Waals surface area contributed by atoms with Crippen LogP contribution in [0.3, 0.4) is 0 Å². The van der Waals surface area contributed by atoms with E-state index in [4.69, 9.17) is 9.05 Å². The van der Waals surface area contributed by atoms with E-state index in [1.807, 2.05) is 24.3 Å². The van der Waals surface area contributed by atoms with Gasteiger partial charge in [-0.25, -0.2) is 0 Å². The van der Waals surface area contributed by atoms with Crippen molar-refractivity contribution in [2.24, 2.45) is 0 Å². The van der Waals surface area contributed by atoms with Crippen molar-refractivity contribution in [2.75, 3.05) is 0 Å². The molecule has 1 aromatic carbocycles. The second-order valence-electron chi connectivity index (χ2n) is 5.85. The SMILES string of the molecule is Cc1cc(C(=O)NCc2cccc(CNC(=O)c3cc(C)no3)c2)on1. The predicted octanol–water partition coefficient (Wildman–Crippen LogP) is 2.14. The minimum absolute atomic E-state index is 0.174. The van der Waals surface area contributed by atoms with Gasteiger partial charge < -0.3 is 19.7 Å². The molecule has 2 heterocycles. The predicted molar refractivity (Wildman–Crippen MR) is 91.3 cm³/mol. The fraction of sp³-hybridized carbons (Fsp3) is 0.222. The highest BCUT2D eigenvalue weighted by molar-refractivity contribution is 5.91. The highest BCUT2D eigenvalue weighted by Crippen LogP contribution is 2.08. The average molecular weight is 354 g/mol. The molecular formula is C18H18N4O4. The molecular weight excluding hydrogens is 336 g/mol. The molecule has 3 rings (SSSR count). The van der Waals surface area contributed by atoms with Crippen LogP contribution in [0.2, 0.25) is 0 Å². The first-order valence-electron chi connectivity index (χ1n) is 8.02. The van der Waals surface area contributed by atoms with E-state index >= 15 is 0 Å². The molecule has 0 saturated heterocycles. The molecule has 0 aliphatic rings. The van der Waals surface area contributed by atoms with Crippen LogP contribution < -0.4 is 10.6 Å². The summed E-state index contributed by atoms with van der Waals surface area (Å²) in [6, 6.07) is 10.7. The number of nitrogens with one attached hydrogen (secondary N) is 2. The van der Waals surface area contributed by atoms with Crippen molar-refractivity contribution in [3.63, 3.8) is 0 Å². The summed E-state index contributed by atoms with van der Waals surface area (Å²) in [6.07, 6.45) is 0. The van der Waals surface area contributed by atoms with E-state index in [1.54, 1.807) is 26.0 Å². The van der Waals surface area contributed by atoms with Crippen LogP contribution in [-0.2, 0) is 13.1 Å². The highest BCUT2D eigenvalue weighted by atomic mass is 16.5. The van der Waals surface area contributed by atoms with E-state index in [1.165, 1.54) is 0 Å². The summed E-state index contributed by atoms with van der Waals surface area (Å²) >= 11 is 0. The van der Waals surface area contributed by atoms with Crippen LogP contribution in [0.25, 0.3) is 0 Å². The van der Waals surface area contributed by atoms with Crippen LogP contribution >= 0.6 is 0 Å². The lowest BCUT2D eigenvalue weighted by atomic mass is 10.1. The molecule has 8 heteroatoms. The van der Waals surface area contributed by atoms with Crippen LogP contribution in [0.5, 0.6) is 0 Å². The van der Waals surface area contributed by atoms with E-state index in [-0.39, 0.29) is 23.3 Å². The Morgan fingerprint density at radius 2 is 1.31 bits per heavy atom. The fourth-order valence-electron chi connectivity index (χ4n) is 2.33. The van der Waals surface area contributed by atoms with Gasteiger partial charge in [-0.1, -0.05) is 34.6 Å². The fourth-order valence-corrected chi connectivity index (χ4v) is 2.33. The minimum Gasteiger partial charge on any atom is -0.351 e. The third kappa shape index (κ3) is 4.35. The molecule has 0 unspecified atom stereocenters. The molecule has 0 fully saturated rings. The average Bonchev–Trinajstić information content (AvgIpc) is 3.26. The number of rotatable bonds is 6. The standard InChI is InChI=1S/C18H18N4O4/c1-11-6-15(25-21-11)17(23)19-9-13-4-3-5-14(8-13)10-20-18(24)16-7-12(2)22-26-16/h3-8H,9-10H2,1-2H3,(H,19,23)(H,20,24). The first-order chi connectivity index (χ1) is 12.5. The lowest BCUT2D eigenvalue weighted by Gasteiger charge is -2.07. The van der Waals surface area contributed by atoms with Crippen LogP contribution in [0.1, 0.15) is 43.6 Å². The van der Waals surface area contributed by atoms with Crippen LogP contribution in [0.15, 0.2) is 45.4 Å². The Kier molecular flexibility index (Phi) is 5.12. The Labute approximate surface area is 149 Å². The molecule has 3 aromatic rings. The molecule has 8 nitrogen and oxygen atoms in total. The first-order valence-corrected chi connectivity index (χ1v) is 8.02. The summed E-state index contributed by atoms with van der Waals surface area (Å²) < 4.78 is 9.85. The number of benzene rings is 1. The summed E-state index contributed by atoms with van der Waals surface area (Å²) in [5, 5.41) is 12.9. The maximum absolute atomic E-state index is 12.0. The molecule has 2 amide bonds. The summed E-state index contributed by atoms with van der Waals surface area (Å²) in [4.78, 5) is 23.9. The maximum Gasteiger partial charge on any atom is 0.290 e. The van der Waals surface area contributed by atoms with Gasteiger partial charge in [0.05, 0.1) is 11.4 Å². The number of nitrogens with zero attached hydrogens (tertiary/aromatic N) is 2. The summed E-state index contributed by atoms with van der Waals surface area (Å²) in [7, 11) is 0. The second-order valence-corrected chi connectivity index (χ2v) is 5.85. The zero-order valence-electron chi connectivity index (χ0n) is 14.4. The molecule has 2 aromatic heterocycles. The molecule has 0 aliphatic carbocycles. The first kappa shape index (κ1) is 17.4. The Morgan fingerprint density at radius 1 is 0.846 bits per heavy atom. The van der Waals surface area contributed by atoms with Gasteiger partial charge in [0.1, 0.15) is 0 Å². The lowest BCUT2D eigenvalue weighted by Crippen LogP contribution is -2.23. The third-order valence-electron chi connectivity index (χ3n) is 3.60. The third-order valence-corrected chi connectivity index (χ3v) is 3.60. The van der Waals surface area contributed by atoms with Gasteiger partial charge in [0.25, 0.3) is 11.8 Å². The highest BCUT2D eigenvalue weighted by Gasteiger charge is 2.12. The van der Waals surface area contributed by atoms with Gasteiger partial charge in [0, 0.05) is 25.2 Å². The molecule has 0 radical (unpaired) electrons. The lowest BCUT2D eigenvalue weighted by molar-refractivity contribution is 0.0907. The molecule has 0 saturated carbocycles. The van der Waals surface area contributed by atoms with E-state index < -0.39 is 0 Å². The quantitative estimate of drug-likeness (QED) is 0.702. The van der Waals surface area contributed by atoms with Crippen molar-refractivity contribution in [3.05, 3.63) is 70.4 Å². The van der Waals surface area contributed by atoms with Gasteiger partial charge in [-0.2, -0.15) is 0 Å². The van der Waals surface area contributed by atoms with E-state index in [9.17, 15) is 9.59 Å². The van der Waals surface area contributed by atoms with Crippen LogP contribution in [-0.4, -0.2) is 22.1 Å². The number of aryl methyl sites for hydroxylation is 2. The zero-order chi connectivity index (χ0) is 18.5. The monoisotopic (exact) mass is 354 g/mol. The summed E-state index contributed by atoms with van der Waals surface area (Å²) in [6.45, 7) is 4.17. The van der Waals surface area contributed by atoms with Crippen LogP contribution in [0, 0.1) is 13.8 Å². The molecule has 2 N–H and O–H groups in total. The largest absolute Gasteiger partial charge is 0.351 e. The Morgan fingerprint density at radius 3 is 1.69 bits per heavy atom. The van der Waals surface area contributed by atoms with E-state index in [0.29, 0.717) is 24.5 Å². The Balaban J connectivity index is 1.54.